The summed E-state index contributed by atoms with van der Waals surface area (Å²) >= 11 is 0. The minimum absolute atomic E-state index is 0.288. The number of nitrogen functional groups attached to an aromatic ring is 1. The third-order valence-corrected chi connectivity index (χ3v) is 3.22. The number of anilines is 2. The molecule has 1 aliphatic rings. The molecule has 20 heavy (non-hydrogen) atoms. The molecule has 3 N–H and O–H groups in total. The number of methoxy groups -OCH3 is 1. The summed E-state index contributed by atoms with van der Waals surface area (Å²) in [5.41, 5.74) is 5.80. The van der Waals surface area contributed by atoms with Crippen LogP contribution in [0.15, 0.2) is 6.07 Å². The molecule has 1 atom stereocenters. The molecule has 1 heterocycles. The monoisotopic (exact) mass is 278 g/mol. The van der Waals surface area contributed by atoms with Crippen LogP contribution in [-0.2, 0) is 9.53 Å². The zero-order valence-corrected chi connectivity index (χ0v) is 12.2. The minimum Gasteiger partial charge on any atom is -0.467 e. The molecule has 0 bridgehead atoms. The van der Waals surface area contributed by atoms with E-state index in [-0.39, 0.29) is 5.97 Å². The average Bonchev–Trinajstić information content (AvgIpc) is 3.20. The largest absolute Gasteiger partial charge is 0.467 e. The van der Waals surface area contributed by atoms with Gasteiger partial charge in [0.25, 0.3) is 0 Å². The molecule has 1 aliphatic carbocycles. The molecule has 1 aromatic heterocycles. The van der Waals surface area contributed by atoms with Crippen molar-refractivity contribution in [3.63, 3.8) is 0 Å². The molecule has 110 valence electrons. The number of hydrogen-bond donors (Lipinski definition) is 2. The van der Waals surface area contributed by atoms with Crippen molar-refractivity contribution in [2.75, 3.05) is 18.2 Å². The van der Waals surface area contributed by atoms with E-state index in [9.17, 15) is 4.79 Å². The van der Waals surface area contributed by atoms with Crippen LogP contribution in [0.1, 0.15) is 44.9 Å². The van der Waals surface area contributed by atoms with Crippen molar-refractivity contribution >= 4 is 17.6 Å². The molecule has 0 amide bonds. The summed E-state index contributed by atoms with van der Waals surface area (Å²) in [6, 6.07) is 1.24. The number of esters is 1. The number of carbonyl (C=O) groups excluding carboxylic acids is 1. The Labute approximate surface area is 119 Å². The Kier molecular flexibility index (Phi) is 4.42. The second-order valence-corrected chi connectivity index (χ2v) is 5.66. The van der Waals surface area contributed by atoms with Gasteiger partial charge in [0.1, 0.15) is 23.5 Å². The molecule has 6 heteroatoms. The Bertz CT molecular complexity index is 486. The molecule has 0 spiro atoms. The maximum Gasteiger partial charge on any atom is 0.328 e. The van der Waals surface area contributed by atoms with E-state index in [1.807, 2.05) is 0 Å². The number of nitrogens with one attached hydrogen (secondary N) is 1. The molecular weight excluding hydrogens is 256 g/mol. The Morgan fingerprint density at radius 3 is 2.75 bits per heavy atom. The molecule has 1 unspecified atom stereocenters. The van der Waals surface area contributed by atoms with E-state index in [4.69, 9.17) is 10.5 Å². The van der Waals surface area contributed by atoms with Gasteiger partial charge in [-0.15, -0.1) is 0 Å². The number of nitrogens with two attached hydrogens (primary N) is 1. The molecule has 0 radical (unpaired) electrons. The highest BCUT2D eigenvalue weighted by molar-refractivity contribution is 5.78. The van der Waals surface area contributed by atoms with Gasteiger partial charge in [0.15, 0.2) is 0 Å². The average molecular weight is 278 g/mol. The zero-order valence-electron chi connectivity index (χ0n) is 12.2. The first-order valence-corrected chi connectivity index (χ1v) is 6.98. The normalized spacial score (nSPS) is 16.0. The standard InChI is InChI=1S/C14H22N4O2/c1-8(2)6-10(14(19)20-3)16-12-7-11(15)17-13(18-12)9-4-5-9/h7-10H,4-6H2,1-3H3,(H3,15,16,17,18). The van der Waals surface area contributed by atoms with E-state index < -0.39 is 6.04 Å². The summed E-state index contributed by atoms with van der Waals surface area (Å²) in [5.74, 6) is 2.28. The van der Waals surface area contributed by atoms with Crippen LogP contribution in [0.5, 0.6) is 0 Å². The SMILES string of the molecule is COC(=O)C(CC(C)C)Nc1cc(N)nc(C2CC2)n1. The quantitative estimate of drug-likeness (QED) is 0.773. The third-order valence-electron chi connectivity index (χ3n) is 3.22. The molecule has 2 rings (SSSR count). The van der Waals surface area contributed by atoms with Gasteiger partial charge in [-0.3, -0.25) is 0 Å². The molecule has 1 saturated carbocycles. The van der Waals surface area contributed by atoms with Crippen molar-refractivity contribution in [1.82, 2.24) is 9.97 Å². The van der Waals surface area contributed by atoms with Crippen LogP contribution >= 0.6 is 0 Å². The Hall–Kier alpha value is -1.85. The lowest BCUT2D eigenvalue weighted by atomic mass is 10.0. The van der Waals surface area contributed by atoms with Gasteiger partial charge in [-0.2, -0.15) is 0 Å². The van der Waals surface area contributed by atoms with Crippen molar-refractivity contribution in [3.8, 4) is 0 Å². The maximum absolute atomic E-state index is 11.8. The van der Waals surface area contributed by atoms with Gasteiger partial charge >= 0.3 is 5.97 Å². The van der Waals surface area contributed by atoms with E-state index in [0.29, 0.717) is 29.9 Å². The maximum atomic E-state index is 11.8. The predicted octanol–water partition coefficient (Wildman–Crippen LogP) is 1.94. The van der Waals surface area contributed by atoms with Gasteiger partial charge in [0, 0.05) is 12.0 Å². The lowest BCUT2D eigenvalue weighted by Crippen LogP contribution is -2.32. The van der Waals surface area contributed by atoms with Gasteiger partial charge in [-0.1, -0.05) is 13.8 Å². The van der Waals surface area contributed by atoms with Crippen molar-refractivity contribution in [3.05, 3.63) is 11.9 Å². The van der Waals surface area contributed by atoms with E-state index in [1.54, 1.807) is 6.07 Å². The highest BCUT2D eigenvalue weighted by atomic mass is 16.5. The lowest BCUT2D eigenvalue weighted by Gasteiger charge is -2.19. The molecule has 6 nitrogen and oxygen atoms in total. The number of nitrogens with zero attached hydrogens (tertiary/aromatic N) is 2. The summed E-state index contributed by atoms with van der Waals surface area (Å²) in [5, 5.41) is 3.12. The van der Waals surface area contributed by atoms with Crippen molar-refractivity contribution in [2.24, 2.45) is 5.92 Å². The number of hydrogen-bond acceptors (Lipinski definition) is 6. The van der Waals surface area contributed by atoms with Gasteiger partial charge in [0.05, 0.1) is 7.11 Å². The summed E-state index contributed by atoms with van der Waals surface area (Å²) in [4.78, 5) is 20.5. The third kappa shape index (κ3) is 3.82. The van der Waals surface area contributed by atoms with E-state index >= 15 is 0 Å². The number of ether oxygens (including phenoxy) is 1. The van der Waals surface area contributed by atoms with Crippen LogP contribution < -0.4 is 11.1 Å². The van der Waals surface area contributed by atoms with Crippen molar-refractivity contribution in [1.29, 1.82) is 0 Å². The first-order valence-electron chi connectivity index (χ1n) is 6.98. The topological polar surface area (TPSA) is 90.1 Å². The summed E-state index contributed by atoms with van der Waals surface area (Å²) in [6.07, 6.45) is 2.89. The molecular formula is C14H22N4O2. The van der Waals surface area contributed by atoms with Crippen LogP contribution in [0.25, 0.3) is 0 Å². The Morgan fingerprint density at radius 1 is 1.50 bits per heavy atom. The molecule has 0 aromatic carbocycles. The smallest absolute Gasteiger partial charge is 0.328 e. The highest BCUT2D eigenvalue weighted by Crippen LogP contribution is 2.38. The van der Waals surface area contributed by atoms with E-state index in [0.717, 1.165) is 18.7 Å². The molecule has 1 aromatic rings. The Morgan fingerprint density at radius 2 is 2.20 bits per heavy atom. The first-order chi connectivity index (χ1) is 9.49. The summed E-state index contributed by atoms with van der Waals surface area (Å²) in [7, 11) is 1.39. The predicted molar refractivity (Wildman–Crippen MR) is 77.3 cm³/mol. The van der Waals surface area contributed by atoms with Crippen molar-refractivity contribution in [2.45, 2.75) is 45.1 Å². The van der Waals surface area contributed by atoms with Crippen LogP contribution in [-0.4, -0.2) is 29.1 Å². The second kappa shape index (κ2) is 6.07. The summed E-state index contributed by atoms with van der Waals surface area (Å²) < 4.78 is 4.83. The van der Waals surface area contributed by atoms with Gasteiger partial charge in [-0.05, 0) is 25.2 Å². The van der Waals surface area contributed by atoms with E-state index in [1.165, 1.54) is 7.11 Å². The van der Waals surface area contributed by atoms with Crippen LogP contribution in [0.3, 0.4) is 0 Å². The lowest BCUT2D eigenvalue weighted by molar-refractivity contribution is -0.141. The fourth-order valence-electron chi connectivity index (χ4n) is 2.09. The van der Waals surface area contributed by atoms with Gasteiger partial charge in [0.2, 0.25) is 0 Å². The van der Waals surface area contributed by atoms with Crippen LogP contribution in [0, 0.1) is 5.92 Å². The zero-order chi connectivity index (χ0) is 14.7. The number of carbonyl (C=O) groups is 1. The molecule has 0 aliphatic heterocycles. The highest BCUT2D eigenvalue weighted by Gasteiger charge is 2.28. The van der Waals surface area contributed by atoms with Crippen LogP contribution in [0.2, 0.25) is 0 Å². The minimum atomic E-state index is -0.415. The Balaban J connectivity index is 2.14. The fraction of sp³-hybridized carbons (Fsp3) is 0.643. The van der Waals surface area contributed by atoms with Crippen molar-refractivity contribution < 1.29 is 9.53 Å². The van der Waals surface area contributed by atoms with Gasteiger partial charge in [-0.25, -0.2) is 14.8 Å². The molecule has 0 saturated heterocycles. The van der Waals surface area contributed by atoms with Gasteiger partial charge < -0.3 is 15.8 Å². The first kappa shape index (κ1) is 14.6. The van der Waals surface area contributed by atoms with E-state index in [2.05, 4.69) is 29.1 Å². The fourth-order valence-corrected chi connectivity index (χ4v) is 2.09. The molecule has 1 fully saturated rings. The number of rotatable bonds is 6. The second-order valence-electron chi connectivity index (χ2n) is 5.66. The van der Waals surface area contributed by atoms with Crippen LogP contribution in [0.4, 0.5) is 11.6 Å². The number of aromatic nitrogens is 2. The summed E-state index contributed by atoms with van der Waals surface area (Å²) in [6.45, 7) is 4.11.